The second kappa shape index (κ2) is 8.05. The second-order valence-electron chi connectivity index (χ2n) is 8.19. The van der Waals surface area contributed by atoms with E-state index in [1.807, 2.05) is 15.8 Å². The Balaban J connectivity index is 1.31. The minimum absolute atomic E-state index is 0.0178. The number of carbonyl (C=O) groups is 1. The number of carbonyl (C=O) groups excluding carboxylic acids is 1. The Kier molecular flexibility index (Phi) is 5.55. The summed E-state index contributed by atoms with van der Waals surface area (Å²) in [6.45, 7) is 3.40. The molecule has 1 aromatic heterocycles. The van der Waals surface area contributed by atoms with Gasteiger partial charge >= 0.3 is 0 Å². The molecular formula is C19H31N5O2. The number of hydrogen-bond donors (Lipinski definition) is 1. The van der Waals surface area contributed by atoms with Gasteiger partial charge in [0.05, 0.1) is 18.3 Å². The van der Waals surface area contributed by atoms with Crippen molar-refractivity contribution in [3.05, 3.63) is 11.9 Å². The van der Waals surface area contributed by atoms with Gasteiger partial charge in [-0.15, -0.1) is 5.10 Å². The fourth-order valence-corrected chi connectivity index (χ4v) is 4.81. The lowest BCUT2D eigenvalue weighted by atomic mass is 9.96. The van der Waals surface area contributed by atoms with Crippen LogP contribution in [0.1, 0.15) is 74.3 Å². The van der Waals surface area contributed by atoms with E-state index in [4.69, 9.17) is 0 Å². The maximum absolute atomic E-state index is 12.8. The van der Waals surface area contributed by atoms with E-state index < -0.39 is 0 Å². The normalized spacial score (nSPS) is 27.0. The Hall–Kier alpha value is -1.47. The van der Waals surface area contributed by atoms with Crippen LogP contribution >= 0.6 is 0 Å². The number of amides is 1. The van der Waals surface area contributed by atoms with Crippen LogP contribution in [0.4, 0.5) is 0 Å². The van der Waals surface area contributed by atoms with Crippen LogP contribution in [0, 0.1) is 0 Å². The van der Waals surface area contributed by atoms with Gasteiger partial charge in [0, 0.05) is 25.7 Å². The average molecular weight is 361 g/mol. The Bertz CT molecular complexity index is 605. The van der Waals surface area contributed by atoms with E-state index in [1.165, 1.54) is 19.3 Å². The molecule has 0 radical (unpaired) electrons. The molecule has 144 valence electrons. The molecule has 0 bridgehead atoms. The zero-order valence-electron chi connectivity index (χ0n) is 15.6. The number of aliphatic hydroxyl groups is 1. The summed E-state index contributed by atoms with van der Waals surface area (Å²) < 4.78 is 1.91. The van der Waals surface area contributed by atoms with Gasteiger partial charge in [0.1, 0.15) is 0 Å². The SMILES string of the molecule is O=C(c1cn(C2CCCCC2)nn1)N1CCC(N2CCCC(O)C2)CC1. The number of nitrogens with zero attached hydrogens (tertiary/aromatic N) is 5. The van der Waals surface area contributed by atoms with Gasteiger partial charge in [0.2, 0.25) is 0 Å². The molecule has 1 amide bonds. The van der Waals surface area contributed by atoms with E-state index in [9.17, 15) is 9.90 Å². The number of aromatic nitrogens is 3. The average Bonchev–Trinajstić information content (AvgIpc) is 3.18. The summed E-state index contributed by atoms with van der Waals surface area (Å²) in [4.78, 5) is 17.1. The van der Waals surface area contributed by atoms with Crippen LogP contribution in [-0.2, 0) is 0 Å². The third-order valence-corrected chi connectivity index (χ3v) is 6.37. The fourth-order valence-electron chi connectivity index (χ4n) is 4.81. The molecule has 0 aromatic carbocycles. The summed E-state index contributed by atoms with van der Waals surface area (Å²) in [6.07, 6.45) is 11.7. The van der Waals surface area contributed by atoms with Crippen molar-refractivity contribution in [1.29, 1.82) is 0 Å². The van der Waals surface area contributed by atoms with Gasteiger partial charge in [-0.1, -0.05) is 24.5 Å². The molecule has 7 nitrogen and oxygen atoms in total. The molecule has 1 saturated carbocycles. The number of likely N-dealkylation sites (tertiary alicyclic amines) is 2. The van der Waals surface area contributed by atoms with Crippen LogP contribution in [0.25, 0.3) is 0 Å². The van der Waals surface area contributed by atoms with Crippen molar-refractivity contribution in [3.8, 4) is 0 Å². The van der Waals surface area contributed by atoms with Crippen molar-refractivity contribution in [2.75, 3.05) is 26.2 Å². The minimum Gasteiger partial charge on any atom is -0.392 e. The first-order valence-electron chi connectivity index (χ1n) is 10.3. The number of piperidine rings is 2. The minimum atomic E-state index is -0.182. The number of β-amino-alcohol motifs (C(OH)–C–C–N with tert-alkyl or cyclic N) is 1. The summed E-state index contributed by atoms with van der Waals surface area (Å²) in [7, 11) is 0. The van der Waals surface area contributed by atoms with Crippen LogP contribution in [0.3, 0.4) is 0 Å². The molecule has 26 heavy (non-hydrogen) atoms. The molecule has 1 aliphatic carbocycles. The lowest BCUT2D eigenvalue weighted by Crippen LogP contribution is -2.50. The molecule has 1 atom stereocenters. The molecule has 2 aliphatic heterocycles. The number of rotatable bonds is 3. The highest BCUT2D eigenvalue weighted by molar-refractivity contribution is 5.92. The van der Waals surface area contributed by atoms with Crippen LogP contribution in [0.2, 0.25) is 0 Å². The molecule has 7 heteroatoms. The van der Waals surface area contributed by atoms with Gasteiger partial charge < -0.3 is 10.0 Å². The predicted octanol–water partition coefficient (Wildman–Crippen LogP) is 1.84. The molecule has 3 fully saturated rings. The Morgan fingerprint density at radius 3 is 2.46 bits per heavy atom. The molecule has 1 unspecified atom stereocenters. The second-order valence-corrected chi connectivity index (χ2v) is 8.19. The Labute approximate surface area is 155 Å². The highest BCUT2D eigenvalue weighted by atomic mass is 16.3. The maximum atomic E-state index is 12.8. The van der Waals surface area contributed by atoms with Crippen LogP contribution in [-0.4, -0.2) is 74.1 Å². The van der Waals surface area contributed by atoms with E-state index in [0.29, 0.717) is 17.8 Å². The maximum Gasteiger partial charge on any atom is 0.276 e. The topological polar surface area (TPSA) is 74.5 Å². The van der Waals surface area contributed by atoms with Gasteiger partial charge in [-0.25, -0.2) is 4.68 Å². The van der Waals surface area contributed by atoms with Gasteiger partial charge in [-0.05, 0) is 45.1 Å². The van der Waals surface area contributed by atoms with Crippen molar-refractivity contribution in [2.24, 2.45) is 0 Å². The summed E-state index contributed by atoms with van der Waals surface area (Å²) in [5, 5.41) is 18.3. The summed E-state index contributed by atoms with van der Waals surface area (Å²) in [6, 6.07) is 0.904. The van der Waals surface area contributed by atoms with E-state index in [-0.39, 0.29) is 12.0 Å². The molecule has 1 N–H and O–H groups in total. The largest absolute Gasteiger partial charge is 0.392 e. The summed E-state index contributed by atoms with van der Waals surface area (Å²) in [5.41, 5.74) is 0.488. The third-order valence-electron chi connectivity index (χ3n) is 6.37. The molecule has 0 spiro atoms. The number of hydrogen-bond acceptors (Lipinski definition) is 5. The Morgan fingerprint density at radius 2 is 1.73 bits per heavy atom. The van der Waals surface area contributed by atoms with Crippen molar-refractivity contribution in [3.63, 3.8) is 0 Å². The zero-order chi connectivity index (χ0) is 17.9. The van der Waals surface area contributed by atoms with Crippen LogP contribution < -0.4 is 0 Å². The predicted molar refractivity (Wildman–Crippen MR) is 97.9 cm³/mol. The first-order chi connectivity index (χ1) is 12.7. The lowest BCUT2D eigenvalue weighted by Gasteiger charge is -2.41. The van der Waals surface area contributed by atoms with Gasteiger partial charge in [-0.2, -0.15) is 0 Å². The molecule has 2 saturated heterocycles. The lowest BCUT2D eigenvalue weighted by molar-refractivity contribution is 0.0239. The molecule has 4 rings (SSSR count). The van der Waals surface area contributed by atoms with E-state index in [1.54, 1.807) is 0 Å². The highest BCUT2D eigenvalue weighted by Gasteiger charge is 2.31. The van der Waals surface area contributed by atoms with E-state index in [2.05, 4.69) is 15.2 Å². The van der Waals surface area contributed by atoms with Gasteiger partial charge in [-0.3, -0.25) is 9.69 Å². The quantitative estimate of drug-likeness (QED) is 0.889. The fraction of sp³-hybridized carbons (Fsp3) is 0.842. The van der Waals surface area contributed by atoms with Crippen molar-refractivity contribution in [1.82, 2.24) is 24.8 Å². The standard InChI is InChI=1S/C19H31N5O2/c25-17-7-4-10-23(13-17)15-8-11-22(12-9-15)19(26)18-14-24(21-20-18)16-5-2-1-3-6-16/h14-17,25H,1-13H2. The van der Waals surface area contributed by atoms with E-state index >= 15 is 0 Å². The summed E-state index contributed by atoms with van der Waals surface area (Å²) >= 11 is 0. The van der Waals surface area contributed by atoms with E-state index in [0.717, 1.165) is 64.7 Å². The Morgan fingerprint density at radius 1 is 0.962 bits per heavy atom. The number of aliphatic hydroxyl groups excluding tert-OH is 1. The monoisotopic (exact) mass is 361 g/mol. The molecular weight excluding hydrogens is 330 g/mol. The smallest absolute Gasteiger partial charge is 0.276 e. The first kappa shape index (κ1) is 17.9. The van der Waals surface area contributed by atoms with Gasteiger partial charge in [0.15, 0.2) is 5.69 Å². The van der Waals surface area contributed by atoms with Crippen LogP contribution in [0.15, 0.2) is 6.20 Å². The summed E-state index contributed by atoms with van der Waals surface area (Å²) in [5.74, 6) is 0.0178. The van der Waals surface area contributed by atoms with Crippen molar-refractivity contribution in [2.45, 2.75) is 76.0 Å². The van der Waals surface area contributed by atoms with Crippen molar-refractivity contribution < 1.29 is 9.90 Å². The first-order valence-corrected chi connectivity index (χ1v) is 10.3. The third kappa shape index (κ3) is 3.93. The van der Waals surface area contributed by atoms with Crippen molar-refractivity contribution >= 4 is 5.91 Å². The molecule has 3 heterocycles. The van der Waals surface area contributed by atoms with Crippen LogP contribution in [0.5, 0.6) is 0 Å². The zero-order valence-corrected chi connectivity index (χ0v) is 15.6. The molecule has 3 aliphatic rings. The highest BCUT2D eigenvalue weighted by Crippen LogP contribution is 2.27. The van der Waals surface area contributed by atoms with Gasteiger partial charge in [0.25, 0.3) is 5.91 Å². The molecule has 1 aromatic rings.